The first kappa shape index (κ1) is 6.91. The van der Waals surface area contributed by atoms with Crippen molar-refractivity contribution in [3.8, 4) is 0 Å². The third-order valence-corrected chi connectivity index (χ3v) is 1.55. The molecule has 1 aliphatic rings. The summed E-state index contributed by atoms with van der Waals surface area (Å²) < 4.78 is 1.92. The van der Waals surface area contributed by atoms with Gasteiger partial charge in [0.2, 0.25) is 5.96 Å². The first-order valence-electron chi connectivity index (χ1n) is 3.76. The third-order valence-electron chi connectivity index (χ3n) is 1.55. The zero-order chi connectivity index (χ0) is 8.23. The van der Waals surface area contributed by atoms with Gasteiger partial charge < -0.3 is 5.32 Å². The SMILES string of the molecule is C1=CN=C(n2cccc2)NC=C1. The highest BCUT2D eigenvalue weighted by Gasteiger charge is 1.96. The van der Waals surface area contributed by atoms with Crippen LogP contribution in [0.15, 0.2) is 54.1 Å². The maximum absolute atomic E-state index is 4.19. The van der Waals surface area contributed by atoms with Gasteiger partial charge >= 0.3 is 0 Å². The Morgan fingerprint density at radius 1 is 1.17 bits per heavy atom. The van der Waals surface area contributed by atoms with Crippen LogP contribution in [-0.2, 0) is 0 Å². The number of nitrogens with zero attached hydrogens (tertiary/aromatic N) is 2. The van der Waals surface area contributed by atoms with E-state index in [9.17, 15) is 0 Å². The maximum atomic E-state index is 4.19. The topological polar surface area (TPSA) is 29.3 Å². The van der Waals surface area contributed by atoms with Gasteiger partial charge in [0, 0.05) is 24.8 Å². The minimum absolute atomic E-state index is 0.810. The van der Waals surface area contributed by atoms with E-state index in [-0.39, 0.29) is 0 Å². The highest BCUT2D eigenvalue weighted by Crippen LogP contribution is 1.93. The molecule has 1 N–H and O–H groups in total. The summed E-state index contributed by atoms with van der Waals surface area (Å²) in [5.74, 6) is 0.810. The molecule has 0 saturated carbocycles. The second kappa shape index (κ2) is 3.09. The van der Waals surface area contributed by atoms with E-state index in [4.69, 9.17) is 0 Å². The third kappa shape index (κ3) is 1.29. The number of aromatic nitrogens is 1. The van der Waals surface area contributed by atoms with Gasteiger partial charge in [-0.1, -0.05) is 0 Å². The molecule has 3 heteroatoms. The van der Waals surface area contributed by atoms with E-state index in [0.717, 1.165) is 5.96 Å². The fourth-order valence-corrected chi connectivity index (χ4v) is 0.996. The zero-order valence-corrected chi connectivity index (χ0v) is 6.51. The predicted octanol–water partition coefficient (Wildman–Crippen LogP) is 1.32. The largest absolute Gasteiger partial charge is 0.332 e. The van der Waals surface area contributed by atoms with Crippen molar-refractivity contribution in [3.05, 3.63) is 49.1 Å². The second-order valence-electron chi connectivity index (χ2n) is 2.39. The summed E-state index contributed by atoms with van der Waals surface area (Å²) in [4.78, 5) is 4.19. The standard InChI is InChI=1S/C9H9N3/c1-2-6-11-9(10-5-1)12-7-3-4-8-12/h1-8H,(H,10,11). The molecule has 1 aromatic heterocycles. The molecular weight excluding hydrogens is 150 g/mol. The Morgan fingerprint density at radius 3 is 2.83 bits per heavy atom. The van der Waals surface area contributed by atoms with Crippen LogP contribution in [0.2, 0.25) is 0 Å². The lowest BCUT2D eigenvalue weighted by atomic mass is 10.6. The molecule has 1 aliphatic heterocycles. The van der Waals surface area contributed by atoms with Crippen molar-refractivity contribution in [3.63, 3.8) is 0 Å². The minimum atomic E-state index is 0.810. The van der Waals surface area contributed by atoms with Gasteiger partial charge in [-0.25, -0.2) is 4.99 Å². The van der Waals surface area contributed by atoms with Gasteiger partial charge in [-0.2, -0.15) is 0 Å². The van der Waals surface area contributed by atoms with Crippen LogP contribution in [-0.4, -0.2) is 10.5 Å². The van der Waals surface area contributed by atoms with Crippen LogP contribution in [0.5, 0.6) is 0 Å². The van der Waals surface area contributed by atoms with Gasteiger partial charge in [0.25, 0.3) is 0 Å². The van der Waals surface area contributed by atoms with E-state index < -0.39 is 0 Å². The number of allylic oxidation sites excluding steroid dienone is 2. The van der Waals surface area contributed by atoms with E-state index in [1.165, 1.54) is 0 Å². The predicted molar refractivity (Wildman–Crippen MR) is 48.7 cm³/mol. The molecule has 60 valence electrons. The Hall–Kier alpha value is -1.77. The Bertz CT molecular complexity index is 331. The molecule has 0 atom stereocenters. The fourth-order valence-electron chi connectivity index (χ4n) is 0.996. The van der Waals surface area contributed by atoms with Crippen molar-refractivity contribution < 1.29 is 0 Å². The average molecular weight is 159 g/mol. The number of aliphatic imine (C=N–C) groups is 1. The maximum Gasteiger partial charge on any atom is 0.210 e. The van der Waals surface area contributed by atoms with Crippen molar-refractivity contribution >= 4 is 5.96 Å². The second-order valence-corrected chi connectivity index (χ2v) is 2.39. The van der Waals surface area contributed by atoms with Gasteiger partial charge in [-0.3, -0.25) is 4.57 Å². The molecule has 0 saturated heterocycles. The van der Waals surface area contributed by atoms with E-state index in [1.54, 1.807) is 6.20 Å². The van der Waals surface area contributed by atoms with E-state index >= 15 is 0 Å². The first-order chi connectivity index (χ1) is 5.97. The summed E-state index contributed by atoms with van der Waals surface area (Å²) in [6.07, 6.45) is 11.3. The molecule has 0 aliphatic carbocycles. The molecular formula is C9H9N3. The molecule has 1 aromatic rings. The molecule has 0 bridgehead atoms. The highest BCUT2D eigenvalue weighted by atomic mass is 15.2. The molecule has 0 amide bonds. The monoisotopic (exact) mass is 159 g/mol. The Labute approximate surface area is 70.7 Å². The molecule has 12 heavy (non-hydrogen) atoms. The van der Waals surface area contributed by atoms with Crippen molar-refractivity contribution in [2.45, 2.75) is 0 Å². The van der Waals surface area contributed by atoms with Crippen LogP contribution in [0.1, 0.15) is 0 Å². The van der Waals surface area contributed by atoms with Crippen LogP contribution in [0.4, 0.5) is 0 Å². The quantitative estimate of drug-likeness (QED) is 0.607. The Kier molecular flexibility index (Phi) is 1.78. The lowest BCUT2D eigenvalue weighted by molar-refractivity contribution is 1.05. The molecule has 0 radical (unpaired) electrons. The average Bonchev–Trinajstić information content (AvgIpc) is 2.48. The van der Waals surface area contributed by atoms with Crippen LogP contribution in [0.25, 0.3) is 0 Å². The Balaban J connectivity index is 2.30. The molecule has 0 spiro atoms. The van der Waals surface area contributed by atoms with Crippen LogP contribution in [0, 0.1) is 0 Å². The van der Waals surface area contributed by atoms with E-state index in [2.05, 4.69) is 10.3 Å². The van der Waals surface area contributed by atoms with Gasteiger partial charge in [0.15, 0.2) is 0 Å². The summed E-state index contributed by atoms with van der Waals surface area (Å²) in [5, 5.41) is 3.05. The lowest BCUT2D eigenvalue weighted by Gasteiger charge is -2.03. The molecule has 2 heterocycles. The fraction of sp³-hybridized carbons (Fsp3) is 0. The minimum Gasteiger partial charge on any atom is -0.332 e. The smallest absolute Gasteiger partial charge is 0.210 e. The summed E-state index contributed by atoms with van der Waals surface area (Å²) in [6.45, 7) is 0. The molecule has 0 aromatic carbocycles. The molecule has 3 nitrogen and oxygen atoms in total. The summed E-state index contributed by atoms with van der Waals surface area (Å²) in [7, 11) is 0. The van der Waals surface area contributed by atoms with E-state index in [1.807, 2.05) is 47.4 Å². The van der Waals surface area contributed by atoms with Gasteiger partial charge in [0.05, 0.1) is 0 Å². The lowest BCUT2D eigenvalue weighted by Crippen LogP contribution is -2.23. The van der Waals surface area contributed by atoms with Crippen molar-refractivity contribution in [1.29, 1.82) is 0 Å². The van der Waals surface area contributed by atoms with Crippen molar-refractivity contribution in [2.75, 3.05) is 0 Å². The van der Waals surface area contributed by atoms with Crippen LogP contribution >= 0.6 is 0 Å². The molecule has 0 fully saturated rings. The van der Waals surface area contributed by atoms with Crippen molar-refractivity contribution in [1.82, 2.24) is 9.88 Å². The highest BCUT2D eigenvalue weighted by molar-refractivity contribution is 5.84. The number of nitrogens with one attached hydrogen (secondary N) is 1. The van der Waals surface area contributed by atoms with Gasteiger partial charge in [-0.15, -0.1) is 0 Å². The number of rotatable bonds is 0. The summed E-state index contributed by atoms with van der Waals surface area (Å²) in [6, 6.07) is 3.92. The molecule has 2 rings (SSSR count). The zero-order valence-electron chi connectivity index (χ0n) is 6.51. The number of hydrogen-bond acceptors (Lipinski definition) is 2. The van der Waals surface area contributed by atoms with Crippen molar-refractivity contribution in [2.24, 2.45) is 4.99 Å². The Morgan fingerprint density at radius 2 is 2.00 bits per heavy atom. The van der Waals surface area contributed by atoms with Gasteiger partial charge in [-0.05, 0) is 24.3 Å². The van der Waals surface area contributed by atoms with Crippen LogP contribution < -0.4 is 5.32 Å². The number of hydrogen-bond donors (Lipinski definition) is 1. The summed E-state index contributed by atoms with van der Waals surface area (Å²) in [5.41, 5.74) is 0. The molecule has 0 unspecified atom stereocenters. The summed E-state index contributed by atoms with van der Waals surface area (Å²) >= 11 is 0. The van der Waals surface area contributed by atoms with Crippen LogP contribution in [0.3, 0.4) is 0 Å². The van der Waals surface area contributed by atoms with E-state index in [0.29, 0.717) is 0 Å². The first-order valence-corrected chi connectivity index (χ1v) is 3.76. The normalized spacial score (nSPS) is 15.2. The van der Waals surface area contributed by atoms with Gasteiger partial charge in [0.1, 0.15) is 0 Å².